The molecule has 0 bridgehead atoms. The molecule has 0 radical (unpaired) electrons. The molecule has 0 aliphatic carbocycles. The van der Waals surface area contributed by atoms with Gasteiger partial charge in [-0.3, -0.25) is 0 Å². The fourth-order valence-corrected chi connectivity index (χ4v) is 3.29. The molecule has 0 spiro atoms. The minimum absolute atomic E-state index is 0.185. The lowest BCUT2D eigenvalue weighted by Gasteiger charge is -2.09. The Balaban J connectivity index is 1.91. The molecule has 3 aromatic rings. The highest BCUT2D eigenvalue weighted by Crippen LogP contribution is 2.31. The van der Waals surface area contributed by atoms with Crippen LogP contribution in [-0.2, 0) is 13.0 Å². The van der Waals surface area contributed by atoms with E-state index < -0.39 is 17.5 Å². The topological polar surface area (TPSA) is 17.0 Å². The molecule has 2 nitrogen and oxygen atoms in total. The molecular weight excluding hydrogens is 301 g/mol. The van der Waals surface area contributed by atoms with E-state index in [-0.39, 0.29) is 5.56 Å². The van der Waals surface area contributed by atoms with Gasteiger partial charge in [0, 0.05) is 49.4 Å². The van der Waals surface area contributed by atoms with Crippen LogP contribution in [0.5, 0.6) is 0 Å². The lowest BCUT2D eigenvalue weighted by Crippen LogP contribution is -2.17. The van der Waals surface area contributed by atoms with Crippen molar-refractivity contribution in [3.8, 4) is 11.1 Å². The molecule has 23 heavy (non-hydrogen) atoms. The predicted octanol–water partition coefficient (Wildman–Crippen LogP) is 3.87. The number of aromatic nitrogens is 1. The van der Waals surface area contributed by atoms with Gasteiger partial charge < -0.3 is 9.88 Å². The number of nitrogens with zero attached hydrogens (tertiary/aromatic N) is 1. The maximum Gasteiger partial charge on any atom is 0.136 e. The fourth-order valence-electron chi connectivity index (χ4n) is 3.29. The summed E-state index contributed by atoms with van der Waals surface area (Å²) in [6.45, 7) is 2.60. The van der Waals surface area contributed by atoms with Gasteiger partial charge in [-0.15, -0.1) is 0 Å². The molecule has 1 aliphatic rings. The van der Waals surface area contributed by atoms with Gasteiger partial charge in [-0.1, -0.05) is 12.1 Å². The molecule has 0 atom stereocenters. The zero-order chi connectivity index (χ0) is 16.0. The van der Waals surface area contributed by atoms with Crippen molar-refractivity contribution in [2.45, 2.75) is 13.0 Å². The largest absolute Gasteiger partial charge is 0.343 e. The second kappa shape index (κ2) is 5.42. The van der Waals surface area contributed by atoms with Crippen LogP contribution in [0.25, 0.3) is 22.0 Å². The van der Waals surface area contributed by atoms with E-state index in [1.54, 1.807) is 12.1 Å². The standard InChI is InChI=1S/C18H15F3N2/c19-13-9-15(20)18(16(21)10-13)12-2-1-11-7-14-3-4-22-5-6-23(14)17(11)8-12/h1-2,7-10,22H,3-6H2. The molecular formula is C18H15F3N2. The summed E-state index contributed by atoms with van der Waals surface area (Å²) in [5.74, 6) is -2.68. The van der Waals surface area contributed by atoms with Crippen molar-refractivity contribution in [3.05, 3.63) is 59.5 Å². The monoisotopic (exact) mass is 316 g/mol. The Hall–Kier alpha value is -2.27. The number of halogens is 3. The van der Waals surface area contributed by atoms with Crippen LogP contribution in [0.2, 0.25) is 0 Å². The zero-order valence-corrected chi connectivity index (χ0v) is 12.4. The fraction of sp³-hybridized carbons (Fsp3) is 0.222. The van der Waals surface area contributed by atoms with E-state index in [2.05, 4.69) is 16.0 Å². The number of rotatable bonds is 1. The number of nitrogens with one attached hydrogen (secondary N) is 1. The Morgan fingerprint density at radius 2 is 1.70 bits per heavy atom. The average molecular weight is 316 g/mol. The smallest absolute Gasteiger partial charge is 0.136 e. The SMILES string of the molecule is Fc1cc(F)c(-c2ccc3cc4n(c3c2)CCNCC4)c(F)c1. The summed E-state index contributed by atoms with van der Waals surface area (Å²) in [5.41, 5.74) is 2.40. The molecule has 1 aromatic heterocycles. The first-order valence-electron chi connectivity index (χ1n) is 7.61. The quantitative estimate of drug-likeness (QED) is 0.721. The van der Waals surface area contributed by atoms with E-state index in [1.165, 1.54) is 5.69 Å². The molecule has 0 unspecified atom stereocenters. The maximum absolute atomic E-state index is 14.0. The number of hydrogen-bond acceptors (Lipinski definition) is 1. The molecule has 0 saturated carbocycles. The van der Waals surface area contributed by atoms with Gasteiger partial charge in [0.25, 0.3) is 0 Å². The van der Waals surface area contributed by atoms with Crippen molar-refractivity contribution < 1.29 is 13.2 Å². The Bertz CT molecular complexity index is 876. The summed E-state index contributed by atoms with van der Waals surface area (Å²) in [6.07, 6.45) is 0.920. The highest BCUT2D eigenvalue weighted by atomic mass is 19.1. The van der Waals surface area contributed by atoms with Gasteiger partial charge in [0.2, 0.25) is 0 Å². The van der Waals surface area contributed by atoms with Crippen LogP contribution in [-0.4, -0.2) is 17.7 Å². The number of benzene rings is 2. The Kier molecular flexibility index (Phi) is 3.38. The van der Waals surface area contributed by atoms with Crippen molar-refractivity contribution in [2.75, 3.05) is 13.1 Å². The zero-order valence-electron chi connectivity index (χ0n) is 12.4. The molecule has 4 rings (SSSR count). The lowest BCUT2D eigenvalue weighted by atomic mass is 10.0. The van der Waals surface area contributed by atoms with Crippen LogP contribution in [0.3, 0.4) is 0 Å². The van der Waals surface area contributed by atoms with Crippen LogP contribution in [0, 0.1) is 17.5 Å². The molecule has 5 heteroatoms. The van der Waals surface area contributed by atoms with Crippen LogP contribution in [0.1, 0.15) is 5.69 Å². The van der Waals surface area contributed by atoms with Gasteiger partial charge in [-0.25, -0.2) is 13.2 Å². The summed E-state index contributed by atoms with van der Waals surface area (Å²) in [4.78, 5) is 0. The molecule has 0 fully saturated rings. The Labute approximate surface area is 131 Å². The lowest BCUT2D eigenvalue weighted by molar-refractivity contribution is 0.548. The predicted molar refractivity (Wildman–Crippen MR) is 83.8 cm³/mol. The van der Waals surface area contributed by atoms with E-state index in [9.17, 15) is 13.2 Å². The third-order valence-corrected chi connectivity index (χ3v) is 4.36. The van der Waals surface area contributed by atoms with Gasteiger partial charge >= 0.3 is 0 Å². The molecule has 1 aliphatic heterocycles. The summed E-state index contributed by atoms with van der Waals surface area (Å²) in [5, 5.41) is 4.38. The minimum Gasteiger partial charge on any atom is -0.343 e. The van der Waals surface area contributed by atoms with Crippen molar-refractivity contribution >= 4 is 10.9 Å². The highest BCUT2D eigenvalue weighted by Gasteiger charge is 2.16. The summed E-state index contributed by atoms with van der Waals surface area (Å²) in [6, 6.07) is 8.87. The Morgan fingerprint density at radius 3 is 2.48 bits per heavy atom. The number of hydrogen-bond donors (Lipinski definition) is 1. The number of fused-ring (bicyclic) bond motifs is 3. The Morgan fingerprint density at radius 1 is 0.913 bits per heavy atom. The van der Waals surface area contributed by atoms with E-state index in [0.717, 1.165) is 37.0 Å². The third kappa shape index (κ3) is 2.41. The van der Waals surface area contributed by atoms with Gasteiger partial charge in [-0.05, 0) is 23.1 Å². The maximum atomic E-state index is 14.0. The van der Waals surface area contributed by atoms with E-state index in [4.69, 9.17) is 0 Å². The first-order valence-corrected chi connectivity index (χ1v) is 7.61. The second-order valence-corrected chi connectivity index (χ2v) is 5.81. The summed E-state index contributed by atoms with van der Waals surface area (Å²) < 4.78 is 43.3. The second-order valence-electron chi connectivity index (χ2n) is 5.81. The summed E-state index contributed by atoms with van der Waals surface area (Å²) in [7, 11) is 0. The molecule has 118 valence electrons. The van der Waals surface area contributed by atoms with Gasteiger partial charge in [0.1, 0.15) is 17.5 Å². The van der Waals surface area contributed by atoms with Crippen LogP contribution >= 0.6 is 0 Å². The van der Waals surface area contributed by atoms with Crippen molar-refractivity contribution in [1.82, 2.24) is 9.88 Å². The van der Waals surface area contributed by atoms with Crippen LogP contribution < -0.4 is 5.32 Å². The van der Waals surface area contributed by atoms with E-state index >= 15 is 0 Å². The first-order chi connectivity index (χ1) is 11.1. The van der Waals surface area contributed by atoms with E-state index in [0.29, 0.717) is 17.7 Å². The van der Waals surface area contributed by atoms with Gasteiger partial charge in [-0.2, -0.15) is 0 Å². The van der Waals surface area contributed by atoms with Crippen molar-refractivity contribution in [3.63, 3.8) is 0 Å². The normalized spacial score (nSPS) is 14.7. The highest BCUT2D eigenvalue weighted by molar-refractivity contribution is 5.86. The summed E-state index contributed by atoms with van der Waals surface area (Å²) >= 11 is 0. The molecule has 0 amide bonds. The van der Waals surface area contributed by atoms with Crippen LogP contribution in [0.4, 0.5) is 13.2 Å². The van der Waals surface area contributed by atoms with E-state index in [1.807, 2.05) is 6.07 Å². The van der Waals surface area contributed by atoms with Gasteiger partial charge in [0.05, 0.1) is 5.56 Å². The minimum atomic E-state index is -0.910. The third-order valence-electron chi connectivity index (χ3n) is 4.36. The van der Waals surface area contributed by atoms with Gasteiger partial charge in [0.15, 0.2) is 0 Å². The molecule has 2 aromatic carbocycles. The first kappa shape index (κ1) is 14.3. The molecule has 1 N–H and O–H groups in total. The molecule has 2 heterocycles. The van der Waals surface area contributed by atoms with Crippen molar-refractivity contribution in [1.29, 1.82) is 0 Å². The average Bonchev–Trinajstić information content (AvgIpc) is 2.68. The van der Waals surface area contributed by atoms with Crippen molar-refractivity contribution in [2.24, 2.45) is 0 Å². The molecule has 0 saturated heterocycles. The van der Waals surface area contributed by atoms with Crippen LogP contribution in [0.15, 0.2) is 36.4 Å².